The van der Waals surface area contributed by atoms with E-state index in [1.54, 1.807) is 36.0 Å². The average molecular weight is 348 g/mol. The van der Waals surface area contributed by atoms with Gasteiger partial charge in [0.2, 0.25) is 0 Å². The van der Waals surface area contributed by atoms with E-state index in [1.807, 2.05) is 24.3 Å². The van der Waals surface area contributed by atoms with E-state index in [2.05, 4.69) is 27.6 Å². The van der Waals surface area contributed by atoms with Gasteiger partial charge in [-0.2, -0.15) is 5.10 Å². The van der Waals surface area contributed by atoms with Crippen LogP contribution in [0.15, 0.2) is 60.8 Å². The van der Waals surface area contributed by atoms with E-state index in [1.165, 1.54) is 6.20 Å². The van der Waals surface area contributed by atoms with E-state index < -0.39 is 0 Å². The van der Waals surface area contributed by atoms with Gasteiger partial charge in [-0.25, -0.2) is 9.50 Å². The number of para-hydroxylation sites is 1. The highest BCUT2D eigenvalue weighted by Gasteiger charge is 2.15. The van der Waals surface area contributed by atoms with Crippen molar-refractivity contribution in [1.29, 1.82) is 5.41 Å². The van der Waals surface area contributed by atoms with Crippen molar-refractivity contribution in [1.82, 2.24) is 19.9 Å². The summed E-state index contributed by atoms with van der Waals surface area (Å²) in [7, 11) is 0. The Kier molecular flexibility index (Phi) is 5.07. The van der Waals surface area contributed by atoms with Crippen LogP contribution in [0.4, 0.5) is 5.69 Å². The Morgan fingerprint density at radius 3 is 2.88 bits per heavy atom. The number of fused-ring (bicyclic) bond motifs is 1. The molecule has 0 atom stereocenters. The maximum Gasteiger partial charge on any atom is 0.262 e. The number of aromatic nitrogens is 3. The molecule has 0 aliphatic rings. The lowest BCUT2D eigenvalue weighted by molar-refractivity contribution is 0.0968. The second-order valence-corrected chi connectivity index (χ2v) is 5.78. The number of carbonyl (C=O) groups is 1. The molecule has 0 spiro atoms. The van der Waals surface area contributed by atoms with E-state index in [9.17, 15) is 4.79 Å². The summed E-state index contributed by atoms with van der Waals surface area (Å²) in [5.74, 6) is 0.0892. The Bertz CT molecular complexity index is 988. The number of nitrogens with one attached hydrogen (secondary N) is 3. The predicted molar refractivity (Wildman–Crippen MR) is 101 cm³/mol. The van der Waals surface area contributed by atoms with Crippen LogP contribution >= 0.6 is 0 Å². The van der Waals surface area contributed by atoms with Crippen molar-refractivity contribution in [3.05, 3.63) is 71.9 Å². The van der Waals surface area contributed by atoms with Gasteiger partial charge in [0.25, 0.3) is 5.91 Å². The molecule has 0 saturated carbocycles. The first-order chi connectivity index (χ1) is 12.6. The third-order valence-corrected chi connectivity index (χ3v) is 3.80. The Hall–Kier alpha value is -3.48. The van der Waals surface area contributed by atoms with Crippen LogP contribution in [-0.4, -0.2) is 26.2 Å². The molecular weight excluding hydrogens is 328 g/mol. The molecule has 0 saturated heterocycles. The number of aryl methyl sites for hydroxylation is 1. The Labute approximate surface area is 151 Å². The van der Waals surface area contributed by atoms with Crippen LogP contribution in [0.25, 0.3) is 5.65 Å². The lowest BCUT2D eigenvalue weighted by Crippen LogP contribution is -2.28. The summed E-state index contributed by atoms with van der Waals surface area (Å²) >= 11 is 0. The van der Waals surface area contributed by atoms with Crippen molar-refractivity contribution in [2.45, 2.75) is 20.3 Å². The van der Waals surface area contributed by atoms with E-state index in [-0.39, 0.29) is 5.91 Å². The van der Waals surface area contributed by atoms with Gasteiger partial charge in [-0.3, -0.25) is 4.79 Å². The molecule has 3 aromatic rings. The Morgan fingerprint density at radius 1 is 1.31 bits per heavy atom. The molecule has 7 heteroatoms. The fourth-order valence-electron chi connectivity index (χ4n) is 2.59. The number of rotatable bonds is 6. The highest BCUT2D eigenvalue weighted by atomic mass is 16.1. The second kappa shape index (κ2) is 7.60. The third-order valence-electron chi connectivity index (χ3n) is 3.80. The SMILES string of the molecule is CCc1ccccc1N/C(=C\C(C)=N)NC(=O)c1cnn2cccnc12. The zero-order valence-electron chi connectivity index (χ0n) is 14.7. The van der Waals surface area contributed by atoms with Crippen LogP contribution in [0.2, 0.25) is 0 Å². The van der Waals surface area contributed by atoms with Crippen molar-refractivity contribution in [3.8, 4) is 0 Å². The lowest BCUT2D eigenvalue weighted by Gasteiger charge is -2.15. The molecule has 0 radical (unpaired) electrons. The van der Waals surface area contributed by atoms with E-state index >= 15 is 0 Å². The topological polar surface area (TPSA) is 95.2 Å². The number of benzene rings is 1. The van der Waals surface area contributed by atoms with Gasteiger partial charge in [-0.05, 0) is 37.1 Å². The molecule has 2 aromatic heterocycles. The minimum Gasteiger partial charge on any atom is -0.341 e. The van der Waals surface area contributed by atoms with Gasteiger partial charge in [0.15, 0.2) is 5.65 Å². The van der Waals surface area contributed by atoms with Crippen LogP contribution in [0.3, 0.4) is 0 Å². The first-order valence-electron chi connectivity index (χ1n) is 8.30. The molecule has 132 valence electrons. The molecule has 1 amide bonds. The summed E-state index contributed by atoms with van der Waals surface area (Å²) < 4.78 is 1.54. The molecule has 1 aromatic carbocycles. The summed E-state index contributed by atoms with van der Waals surface area (Å²) in [5.41, 5.74) is 3.17. The molecule has 2 heterocycles. The fraction of sp³-hybridized carbons (Fsp3) is 0.158. The van der Waals surface area contributed by atoms with Crippen LogP contribution < -0.4 is 10.6 Å². The molecule has 7 nitrogen and oxygen atoms in total. The van der Waals surface area contributed by atoms with Crippen LogP contribution in [-0.2, 0) is 6.42 Å². The van der Waals surface area contributed by atoms with Crippen molar-refractivity contribution < 1.29 is 4.79 Å². The third kappa shape index (κ3) is 3.77. The van der Waals surface area contributed by atoms with Gasteiger partial charge < -0.3 is 16.0 Å². The van der Waals surface area contributed by atoms with Gasteiger partial charge in [0.1, 0.15) is 11.4 Å². The number of allylic oxidation sites excluding steroid dienone is 1. The molecule has 0 aliphatic heterocycles. The quantitative estimate of drug-likeness (QED) is 0.597. The number of nitrogens with zero attached hydrogens (tertiary/aromatic N) is 3. The molecule has 3 N–H and O–H groups in total. The number of anilines is 1. The van der Waals surface area contributed by atoms with E-state index in [0.717, 1.165) is 17.7 Å². The molecule has 0 aliphatic carbocycles. The maximum absolute atomic E-state index is 12.7. The fourth-order valence-corrected chi connectivity index (χ4v) is 2.59. The monoisotopic (exact) mass is 348 g/mol. The highest BCUT2D eigenvalue weighted by molar-refractivity contribution is 6.01. The summed E-state index contributed by atoms with van der Waals surface area (Å²) in [6.45, 7) is 3.71. The largest absolute Gasteiger partial charge is 0.341 e. The second-order valence-electron chi connectivity index (χ2n) is 5.78. The van der Waals surface area contributed by atoms with Gasteiger partial charge in [0, 0.05) is 23.8 Å². The van der Waals surface area contributed by atoms with Crippen LogP contribution in [0.1, 0.15) is 29.8 Å². The van der Waals surface area contributed by atoms with Gasteiger partial charge >= 0.3 is 0 Å². The Morgan fingerprint density at radius 2 is 2.12 bits per heavy atom. The van der Waals surface area contributed by atoms with Gasteiger partial charge in [0.05, 0.1) is 6.20 Å². The number of hydrogen-bond acceptors (Lipinski definition) is 5. The zero-order valence-corrected chi connectivity index (χ0v) is 14.7. The molecule has 0 fully saturated rings. The minimum atomic E-state index is -0.340. The summed E-state index contributed by atoms with van der Waals surface area (Å²) in [6, 6.07) is 9.60. The van der Waals surface area contributed by atoms with E-state index in [0.29, 0.717) is 22.7 Å². The minimum absolute atomic E-state index is 0.319. The number of carbonyl (C=O) groups excluding carboxylic acids is 1. The van der Waals surface area contributed by atoms with Crippen molar-refractivity contribution in [2.75, 3.05) is 5.32 Å². The van der Waals surface area contributed by atoms with Crippen molar-refractivity contribution >= 4 is 23.0 Å². The summed E-state index contributed by atoms with van der Waals surface area (Å²) in [6.07, 6.45) is 7.25. The number of hydrogen-bond donors (Lipinski definition) is 3. The van der Waals surface area contributed by atoms with Crippen LogP contribution in [0, 0.1) is 5.41 Å². The highest BCUT2D eigenvalue weighted by Crippen LogP contribution is 2.17. The normalized spacial score (nSPS) is 11.4. The first kappa shape index (κ1) is 17.3. The van der Waals surface area contributed by atoms with E-state index in [4.69, 9.17) is 5.41 Å². The standard InChI is InChI=1S/C19H20N6O/c1-3-14-7-4-5-8-16(14)23-17(11-13(2)20)24-19(26)15-12-22-25-10-6-9-21-18(15)25/h4-12,20,23H,3H2,1-2H3,(H,24,26)/b17-11+,20-13?. The summed E-state index contributed by atoms with van der Waals surface area (Å²) in [4.78, 5) is 16.9. The maximum atomic E-state index is 12.7. The summed E-state index contributed by atoms with van der Waals surface area (Å²) in [5, 5.41) is 17.9. The first-order valence-corrected chi connectivity index (χ1v) is 8.30. The van der Waals surface area contributed by atoms with Crippen molar-refractivity contribution in [2.24, 2.45) is 0 Å². The lowest BCUT2D eigenvalue weighted by atomic mass is 10.1. The van der Waals surface area contributed by atoms with Gasteiger partial charge in [-0.1, -0.05) is 25.1 Å². The van der Waals surface area contributed by atoms with Crippen molar-refractivity contribution in [3.63, 3.8) is 0 Å². The molecular formula is C19H20N6O. The smallest absolute Gasteiger partial charge is 0.262 e. The molecule has 3 rings (SSSR count). The van der Waals surface area contributed by atoms with Crippen LogP contribution in [0.5, 0.6) is 0 Å². The number of amides is 1. The average Bonchev–Trinajstić information content (AvgIpc) is 3.06. The zero-order chi connectivity index (χ0) is 18.5. The Balaban J connectivity index is 1.87. The molecule has 0 unspecified atom stereocenters. The molecule has 26 heavy (non-hydrogen) atoms. The molecule has 0 bridgehead atoms. The van der Waals surface area contributed by atoms with Gasteiger partial charge in [-0.15, -0.1) is 0 Å². The predicted octanol–water partition coefficient (Wildman–Crippen LogP) is 3.01.